The fourth-order valence-corrected chi connectivity index (χ4v) is 2.36. The molecular formula is C18H18ClF3N2O3. The number of nitrogens with one attached hydrogen (secondary N) is 1. The first-order chi connectivity index (χ1) is 12.6. The molecule has 0 radical (unpaired) electrons. The molecular weight excluding hydrogens is 385 g/mol. The lowest BCUT2D eigenvalue weighted by Gasteiger charge is -2.21. The summed E-state index contributed by atoms with van der Waals surface area (Å²) in [5.41, 5.74) is -0.275. The van der Waals surface area contributed by atoms with Gasteiger partial charge in [0.15, 0.2) is 0 Å². The third-order valence-corrected chi connectivity index (χ3v) is 3.77. The summed E-state index contributed by atoms with van der Waals surface area (Å²) in [6.45, 7) is -0.215. The summed E-state index contributed by atoms with van der Waals surface area (Å²) in [6.07, 6.45) is -5.45. The number of anilines is 1. The SMILES string of the molecule is CN(CC(O)COc1ccc(C(F)(F)F)cc1)C(=O)Nc1cccc(Cl)c1. The molecule has 0 bridgehead atoms. The molecule has 0 fully saturated rings. The summed E-state index contributed by atoms with van der Waals surface area (Å²) < 4.78 is 42.8. The highest BCUT2D eigenvalue weighted by Gasteiger charge is 2.30. The number of aliphatic hydroxyl groups is 1. The van der Waals surface area contributed by atoms with E-state index in [1.807, 2.05) is 0 Å². The average Bonchev–Trinajstić information content (AvgIpc) is 2.59. The quantitative estimate of drug-likeness (QED) is 0.758. The number of nitrogens with zero attached hydrogens (tertiary/aromatic N) is 1. The number of hydrogen-bond donors (Lipinski definition) is 2. The van der Waals surface area contributed by atoms with E-state index in [1.54, 1.807) is 24.3 Å². The fraction of sp³-hybridized carbons (Fsp3) is 0.278. The average molecular weight is 403 g/mol. The van der Waals surface area contributed by atoms with Gasteiger partial charge in [0.05, 0.1) is 12.1 Å². The highest BCUT2D eigenvalue weighted by Crippen LogP contribution is 2.30. The molecule has 1 atom stereocenters. The molecule has 0 aliphatic carbocycles. The van der Waals surface area contributed by atoms with Crippen molar-refractivity contribution < 1.29 is 27.8 Å². The molecule has 0 saturated heterocycles. The van der Waals surface area contributed by atoms with Gasteiger partial charge in [-0.25, -0.2) is 4.79 Å². The van der Waals surface area contributed by atoms with Gasteiger partial charge >= 0.3 is 12.2 Å². The lowest BCUT2D eigenvalue weighted by molar-refractivity contribution is -0.137. The normalized spacial score (nSPS) is 12.4. The van der Waals surface area contributed by atoms with E-state index in [0.717, 1.165) is 12.1 Å². The second-order valence-corrected chi connectivity index (χ2v) is 6.24. The zero-order valence-electron chi connectivity index (χ0n) is 14.3. The molecule has 0 aromatic heterocycles. The van der Waals surface area contributed by atoms with Crippen molar-refractivity contribution in [3.05, 3.63) is 59.1 Å². The molecule has 27 heavy (non-hydrogen) atoms. The molecule has 0 heterocycles. The van der Waals surface area contributed by atoms with E-state index in [0.29, 0.717) is 10.7 Å². The highest BCUT2D eigenvalue weighted by atomic mass is 35.5. The molecule has 0 spiro atoms. The van der Waals surface area contributed by atoms with Crippen LogP contribution < -0.4 is 10.1 Å². The van der Waals surface area contributed by atoms with E-state index < -0.39 is 23.9 Å². The van der Waals surface area contributed by atoms with E-state index in [1.165, 1.54) is 24.1 Å². The van der Waals surface area contributed by atoms with Crippen LogP contribution in [0.15, 0.2) is 48.5 Å². The van der Waals surface area contributed by atoms with Crippen molar-refractivity contribution in [2.45, 2.75) is 12.3 Å². The molecule has 0 aliphatic rings. The van der Waals surface area contributed by atoms with Crippen molar-refractivity contribution >= 4 is 23.3 Å². The van der Waals surface area contributed by atoms with Gasteiger partial charge < -0.3 is 20.1 Å². The smallest absolute Gasteiger partial charge is 0.416 e. The molecule has 9 heteroatoms. The van der Waals surface area contributed by atoms with Gasteiger partial charge in [0, 0.05) is 17.8 Å². The number of amides is 2. The zero-order valence-corrected chi connectivity index (χ0v) is 15.1. The molecule has 0 saturated carbocycles. The maximum absolute atomic E-state index is 12.5. The largest absolute Gasteiger partial charge is 0.491 e. The van der Waals surface area contributed by atoms with Gasteiger partial charge in [-0.05, 0) is 42.5 Å². The van der Waals surface area contributed by atoms with Crippen LogP contribution in [0.25, 0.3) is 0 Å². The lowest BCUT2D eigenvalue weighted by Crippen LogP contribution is -2.39. The number of carbonyl (C=O) groups excluding carboxylic acids is 1. The van der Waals surface area contributed by atoms with Crippen LogP contribution >= 0.6 is 11.6 Å². The Balaban J connectivity index is 1.80. The Morgan fingerprint density at radius 2 is 1.93 bits per heavy atom. The van der Waals surface area contributed by atoms with Crippen molar-refractivity contribution in [2.75, 3.05) is 25.5 Å². The predicted octanol–water partition coefficient (Wildman–Crippen LogP) is 4.26. The first kappa shape index (κ1) is 20.9. The molecule has 2 aromatic rings. The van der Waals surface area contributed by atoms with Gasteiger partial charge in [-0.2, -0.15) is 13.2 Å². The second-order valence-electron chi connectivity index (χ2n) is 5.81. The summed E-state index contributed by atoms with van der Waals surface area (Å²) in [4.78, 5) is 13.3. The third kappa shape index (κ3) is 6.65. The van der Waals surface area contributed by atoms with Crippen LogP contribution in [0.5, 0.6) is 5.75 Å². The van der Waals surface area contributed by atoms with Crippen LogP contribution in [-0.4, -0.2) is 42.3 Å². The Hall–Kier alpha value is -2.45. The van der Waals surface area contributed by atoms with Gasteiger partial charge in [0.2, 0.25) is 0 Å². The number of likely N-dealkylation sites (N-methyl/N-ethyl adjacent to an activating group) is 1. The monoisotopic (exact) mass is 402 g/mol. The van der Waals surface area contributed by atoms with Crippen LogP contribution in [0.4, 0.5) is 23.7 Å². The maximum atomic E-state index is 12.5. The molecule has 2 amide bonds. The van der Waals surface area contributed by atoms with Crippen LogP contribution in [0.1, 0.15) is 5.56 Å². The molecule has 1 unspecified atom stereocenters. The number of ether oxygens (including phenoxy) is 1. The summed E-state index contributed by atoms with van der Waals surface area (Å²) in [5, 5.41) is 13.1. The van der Waals surface area contributed by atoms with E-state index in [2.05, 4.69) is 5.32 Å². The summed E-state index contributed by atoms with van der Waals surface area (Å²) in [6, 6.07) is 10.3. The predicted molar refractivity (Wildman–Crippen MR) is 96.0 cm³/mol. The van der Waals surface area contributed by atoms with Crippen molar-refractivity contribution in [3.8, 4) is 5.75 Å². The standard InChI is InChI=1S/C18H18ClF3N2O3/c1-24(17(26)23-14-4-2-3-13(19)9-14)10-15(25)11-27-16-7-5-12(6-8-16)18(20,21)22/h2-9,15,25H,10-11H2,1H3,(H,23,26). The molecule has 0 aliphatic heterocycles. The maximum Gasteiger partial charge on any atom is 0.416 e. The van der Waals surface area contributed by atoms with Crippen LogP contribution in [0, 0.1) is 0 Å². The van der Waals surface area contributed by atoms with Crippen LogP contribution in [-0.2, 0) is 6.18 Å². The minimum absolute atomic E-state index is 0.0347. The van der Waals surface area contributed by atoms with Crippen molar-refractivity contribution in [3.63, 3.8) is 0 Å². The number of benzene rings is 2. The van der Waals surface area contributed by atoms with E-state index in [9.17, 15) is 23.1 Å². The Labute approximate surface area is 159 Å². The number of aliphatic hydroxyl groups excluding tert-OH is 1. The zero-order chi connectivity index (χ0) is 20.0. The van der Waals surface area contributed by atoms with Gasteiger partial charge in [-0.15, -0.1) is 0 Å². The Morgan fingerprint density at radius 3 is 2.52 bits per heavy atom. The highest BCUT2D eigenvalue weighted by molar-refractivity contribution is 6.30. The number of hydrogen-bond acceptors (Lipinski definition) is 3. The lowest BCUT2D eigenvalue weighted by atomic mass is 10.2. The number of alkyl halides is 3. The summed E-state index contributed by atoms with van der Waals surface area (Å²) in [7, 11) is 1.49. The first-order valence-corrected chi connectivity index (χ1v) is 8.29. The molecule has 5 nitrogen and oxygen atoms in total. The van der Waals surface area contributed by atoms with Crippen molar-refractivity contribution in [1.82, 2.24) is 4.90 Å². The molecule has 2 rings (SSSR count). The number of halogens is 4. The van der Waals surface area contributed by atoms with E-state index in [4.69, 9.17) is 16.3 Å². The Morgan fingerprint density at radius 1 is 1.26 bits per heavy atom. The second kappa shape index (κ2) is 8.96. The summed E-state index contributed by atoms with van der Waals surface area (Å²) >= 11 is 5.84. The van der Waals surface area contributed by atoms with Gasteiger partial charge in [0.25, 0.3) is 0 Å². The topological polar surface area (TPSA) is 61.8 Å². The van der Waals surface area contributed by atoms with Crippen molar-refractivity contribution in [2.24, 2.45) is 0 Å². The number of urea groups is 1. The minimum Gasteiger partial charge on any atom is -0.491 e. The third-order valence-electron chi connectivity index (χ3n) is 3.53. The van der Waals surface area contributed by atoms with Crippen LogP contribution in [0.3, 0.4) is 0 Å². The summed E-state index contributed by atoms with van der Waals surface area (Å²) in [5.74, 6) is 0.188. The molecule has 146 valence electrons. The molecule has 2 N–H and O–H groups in total. The Bertz CT molecular complexity index is 769. The van der Waals surface area contributed by atoms with E-state index in [-0.39, 0.29) is 18.9 Å². The molecule has 2 aromatic carbocycles. The number of rotatable bonds is 6. The van der Waals surface area contributed by atoms with Crippen molar-refractivity contribution in [1.29, 1.82) is 0 Å². The minimum atomic E-state index is -4.42. The first-order valence-electron chi connectivity index (χ1n) is 7.91. The Kier molecular flexibility index (Phi) is 6.92. The fourth-order valence-electron chi connectivity index (χ4n) is 2.17. The number of carbonyl (C=O) groups is 1. The van der Waals surface area contributed by atoms with Crippen LogP contribution in [0.2, 0.25) is 5.02 Å². The van der Waals surface area contributed by atoms with Gasteiger partial charge in [-0.3, -0.25) is 0 Å². The van der Waals surface area contributed by atoms with Gasteiger partial charge in [0.1, 0.15) is 18.5 Å². The van der Waals surface area contributed by atoms with Gasteiger partial charge in [-0.1, -0.05) is 17.7 Å². The van der Waals surface area contributed by atoms with E-state index >= 15 is 0 Å².